The molecule has 0 aliphatic carbocycles. The van der Waals surface area contributed by atoms with Crippen LogP contribution in [0, 0.1) is 0 Å². The van der Waals surface area contributed by atoms with Crippen molar-refractivity contribution in [3.05, 3.63) is 58.7 Å². The van der Waals surface area contributed by atoms with Gasteiger partial charge in [0.25, 0.3) is 5.91 Å². The van der Waals surface area contributed by atoms with E-state index < -0.39 is 6.04 Å². The first-order valence-corrected chi connectivity index (χ1v) is 8.06. The lowest BCUT2D eigenvalue weighted by Gasteiger charge is -2.12. The summed E-state index contributed by atoms with van der Waals surface area (Å²) in [5.74, 6) is -0.484. The molecule has 3 heterocycles. The Hall–Kier alpha value is -2.67. The van der Waals surface area contributed by atoms with Crippen LogP contribution in [-0.4, -0.2) is 27.2 Å². The summed E-state index contributed by atoms with van der Waals surface area (Å²) in [6.07, 6.45) is 3.77. The van der Waals surface area contributed by atoms with Crippen molar-refractivity contribution in [1.82, 2.24) is 20.0 Å². The van der Waals surface area contributed by atoms with Gasteiger partial charge in [-0.25, -0.2) is 4.98 Å². The fraction of sp³-hybridized carbons (Fsp3) is 0.188. The number of aromatic nitrogens is 2. The van der Waals surface area contributed by atoms with Gasteiger partial charge in [-0.15, -0.1) is 11.3 Å². The van der Waals surface area contributed by atoms with Crippen LogP contribution in [0.25, 0.3) is 5.65 Å². The van der Waals surface area contributed by atoms with Crippen LogP contribution in [0.3, 0.4) is 0 Å². The molecule has 2 N–H and O–H groups in total. The van der Waals surface area contributed by atoms with Crippen LogP contribution in [0.5, 0.6) is 0 Å². The first-order chi connectivity index (χ1) is 11.1. The molecule has 0 aliphatic heterocycles. The third-order valence-corrected chi connectivity index (χ3v) is 4.21. The van der Waals surface area contributed by atoms with E-state index in [4.69, 9.17) is 0 Å². The highest BCUT2D eigenvalue weighted by Gasteiger charge is 2.17. The Morgan fingerprint density at radius 3 is 2.91 bits per heavy atom. The summed E-state index contributed by atoms with van der Waals surface area (Å²) in [6, 6.07) is 8.64. The maximum atomic E-state index is 12.1. The van der Waals surface area contributed by atoms with E-state index in [1.54, 1.807) is 19.1 Å². The zero-order valence-electron chi connectivity index (χ0n) is 12.5. The minimum Gasteiger partial charge on any atom is -0.349 e. The maximum Gasteiger partial charge on any atom is 0.261 e. The lowest BCUT2D eigenvalue weighted by atomic mass is 10.3. The molecule has 0 bridgehead atoms. The predicted octanol–water partition coefficient (Wildman–Crippen LogP) is 1.83. The van der Waals surface area contributed by atoms with Gasteiger partial charge in [0.05, 0.1) is 17.1 Å². The molecule has 0 aliphatic rings. The summed E-state index contributed by atoms with van der Waals surface area (Å²) in [7, 11) is 0. The van der Waals surface area contributed by atoms with Crippen molar-refractivity contribution in [2.75, 3.05) is 0 Å². The van der Waals surface area contributed by atoms with Crippen molar-refractivity contribution in [3.63, 3.8) is 0 Å². The number of hydrogen-bond acceptors (Lipinski definition) is 4. The number of thiophene rings is 1. The van der Waals surface area contributed by atoms with Crippen LogP contribution >= 0.6 is 11.3 Å². The van der Waals surface area contributed by atoms with Gasteiger partial charge in [-0.3, -0.25) is 9.59 Å². The lowest BCUT2D eigenvalue weighted by Crippen LogP contribution is -2.44. The smallest absolute Gasteiger partial charge is 0.261 e. The van der Waals surface area contributed by atoms with Gasteiger partial charge in [0.2, 0.25) is 5.91 Å². The van der Waals surface area contributed by atoms with E-state index in [-0.39, 0.29) is 11.8 Å². The van der Waals surface area contributed by atoms with Crippen LogP contribution in [-0.2, 0) is 11.3 Å². The van der Waals surface area contributed by atoms with E-state index in [1.807, 2.05) is 40.4 Å². The molecule has 118 valence electrons. The van der Waals surface area contributed by atoms with E-state index in [9.17, 15) is 9.59 Å². The number of fused-ring (bicyclic) bond motifs is 1. The van der Waals surface area contributed by atoms with Crippen LogP contribution in [0.4, 0.5) is 0 Å². The van der Waals surface area contributed by atoms with Crippen molar-refractivity contribution >= 4 is 28.8 Å². The summed E-state index contributed by atoms with van der Waals surface area (Å²) < 4.78 is 1.89. The second-order valence-electron chi connectivity index (χ2n) is 5.09. The first-order valence-electron chi connectivity index (χ1n) is 7.18. The number of imidazole rings is 1. The van der Waals surface area contributed by atoms with E-state index >= 15 is 0 Å². The van der Waals surface area contributed by atoms with Crippen molar-refractivity contribution in [1.29, 1.82) is 0 Å². The Kier molecular flexibility index (Phi) is 4.38. The number of nitrogens with one attached hydrogen (secondary N) is 2. The molecule has 0 fully saturated rings. The molecule has 1 atom stereocenters. The summed E-state index contributed by atoms with van der Waals surface area (Å²) in [5.41, 5.74) is 1.59. The molecule has 0 unspecified atom stereocenters. The Bertz CT molecular complexity index is 793. The summed E-state index contributed by atoms with van der Waals surface area (Å²) >= 11 is 1.34. The molecule has 0 aromatic carbocycles. The molecule has 0 spiro atoms. The van der Waals surface area contributed by atoms with Gasteiger partial charge in [-0.1, -0.05) is 12.1 Å². The standard InChI is InChI=1S/C16H16N4O2S/c1-11(18-16(22)13-5-4-8-23-13)15(21)17-9-12-10-20-7-3-2-6-14(20)19-12/h2-8,10-11H,9H2,1H3,(H,17,21)(H,18,22)/t11-/m1/s1. The quantitative estimate of drug-likeness (QED) is 0.750. The second-order valence-corrected chi connectivity index (χ2v) is 6.04. The third kappa shape index (κ3) is 3.57. The fourth-order valence-electron chi connectivity index (χ4n) is 2.14. The highest BCUT2D eigenvalue weighted by Crippen LogP contribution is 2.08. The number of rotatable bonds is 5. The van der Waals surface area contributed by atoms with Crippen molar-refractivity contribution in [2.24, 2.45) is 0 Å². The number of nitrogens with zero attached hydrogens (tertiary/aromatic N) is 2. The normalized spacial score (nSPS) is 12.0. The van der Waals surface area contributed by atoms with Crippen LogP contribution in [0.15, 0.2) is 48.1 Å². The topological polar surface area (TPSA) is 75.5 Å². The first kappa shape index (κ1) is 15.2. The monoisotopic (exact) mass is 328 g/mol. The minimum absolute atomic E-state index is 0.240. The maximum absolute atomic E-state index is 12.1. The SMILES string of the molecule is C[C@@H](NC(=O)c1cccs1)C(=O)NCc1cn2ccccc2n1. The van der Waals surface area contributed by atoms with Crippen molar-refractivity contribution in [3.8, 4) is 0 Å². The highest BCUT2D eigenvalue weighted by molar-refractivity contribution is 7.12. The van der Waals surface area contributed by atoms with Gasteiger partial charge in [-0.05, 0) is 30.5 Å². The Balaban J connectivity index is 1.55. The molecule has 3 aromatic rings. The molecule has 6 nitrogen and oxygen atoms in total. The Morgan fingerprint density at radius 2 is 2.17 bits per heavy atom. The average Bonchev–Trinajstić information content (AvgIpc) is 3.21. The number of pyridine rings is 1. The Labute approximate surface area is 137 Å². The molecule has 0 saturated carbocycles. The molecule has 3 rings (SSSR count). The van der Waals surface area contributed by atoms with Crippen LogP contribution in [0.1, 0.15) is 22.3 Å². The molecule has 7 heteroatoms. The van der Waals surface area contributed by atoms with E-state index in [2.05, 4.69) is 15.6 Å². The highest BCUT2D eigenvalue weighted by atomic mass is 32.1. The number of amides is 2. The fourth-order valence-corrected chi connectivity index (χ4v) is 2.77. The number of hydrogen-bond donors (Lipinski definition) is 2. The van der Waals surface area contributed by atoms with Gasteiger partial charge < -0.3 is 15.0 Å². The molecule has 0 radical (unpaired) electrons. The van der Waals surface area contributed by atoms with Crippen LogP contribution < -0.4 is 10.6 Å². The van der Waals surface area contributed by atoms with E-state index in [1.165, 1.54) is 11.3 Å². The average molecular weight is 328 g/mol. The second kappa shape index (κ2) is 6.62. The largest absolute Gasteiger partial charge is 0.349 e. The van der Waals surface area contributed by atoms with Gasteiger partial charge in [0.1, 0.15) is 11.7 Å². The van der Waals surface area contributed by atoms with Crippen LogP contribution in [0.2, 0.25) is 0 Å². The molecular weight excluding hydrogens is 312 g/mol. The van der Waals surface area contributed by atoms with Gasteiger partial charge in [0, 0.05) is 12.4 Å². The molecule has 2 amide bonds. The molecule has 0 saturated heterocycles. The molecule has 3 aromatic heterocycles. The van der Waals surface area contributed by atoms with Gasteiger partial charge >= 0.3 is 0 Å². The number of carbonyl (C=O) groups excluding carboxylic acids is 2. The summed E-state index contributed by atoms with van der Waals surface area (Å²) in [5, 5.41) is 7.29. The lowest BCUT2D eigenvalue weighted by molar-refractivity contribution is -0.122. The molecular formula is C16H16N4O2S. The predicted molar refractivity (Wildman–Crippen MR) is 88.3 cm³/mol. The zero-order chi connectivity index (χ0) is 16.2. The van der Waals surface area contributed by atoms with Gasteiger partial charge in [-0.2, -0.15) is 0 Å². The van der Waals surface area contributed by atoms with E-state index in [0.717, 1.165) is 11.3 Å². The minimum atomic E-state index is -0.610. The molecule has 23 heavy (non-hydrogen) atoms. The van der Waals surface area contributed by atoms with E-state index in [0.29, 0.717) is 11.4 Å². The summed E-state index contributed by atoms with van der Waals surface area (Å²) in [6.45, 7) is 1.98. The zero-order valence-corrected chi connectivity index (χ0v) is 13.3. The summed E-state index contributed by atoms with van der Waals surface area (Å²) in [4.78, 5) is 29.0. The van der Waals surface area contributed by atoms with Crippen molar-refractivity contribution in [2.45, 2.75) is 19.5 Å². The van der Waals surface area contributed by atoms with Crippen molar-refractivity contribution < 1.29 is 9.59 Å². The van der Waals surface area contributed by atoms with Gasteiger partial charge in [0.15, 0.2) is 0 Å². The Morgan fingerprint density at radius 1 is 1.30 bits per heavy atom. The number of carbonyl (C=O) groups is 2. The third-order valence-electron chi connectivity index (χ3n) is 3.34.